The molecule has 6 heteroatoms. The first-order chi connectivity index (χ1) is 14.3. The zero-order valence-electron chi connectivity index (χ0n) is 19.1. The predicted octanol–water partition coefficient (Wildman–Crippen LogP) is 6.09. The van der Waals surface area contributed by atoms with Gasteiger partial charge in [-0.3, -0.25) is 4.79 Å². The molecule has 0 saturated carbocycles. The van der Waals surface area contributed by atoms with Gasteiger partial charge < -0.3 is 20.1 Å². The Labute approximate surface area is 181 Å². The third kappa shape index (κ3) is 7.88. The SMILES string of the molecule is CCCCCCCCCCOc1ccc2c(c1NC(=O)NC(C)(C)C)OCCC2=O. The van der Waals surface area contributed by atoms with Crippen LogP contribution in [0.1, 0.15) is 95.8 Å². The molecule has 1 aliphatic heterocycles. The van der Waals surface area contributed by atoms with E-state index in [9.17, 15) is 9.59 Å². The molecule has 0 aliphatic carbocycles. The van der Waals surface area contributed by atoms with Crippen LogP contribution in [-0.4, -0.2) is 30.6 Å². The molecule has 2 N–H and O–H groups in total. The van der Waals surface area contributed by atoms with E-state index in [1.165, 1.54) is 38.5 Å². The van der Waals surface area contributed by atoms with E-state index in [4.69, 9.17) is 9.47 Å². The fraction of sp³-hybridized carbons (Fsp3) is 0.667. The van der Waals surface area contributed by atoms with Crippen molar-refractivity contribution in [2.24, 2.45) is 0 Å². The summed E-state index contributed by atoms with van der Waals surface area (Å²) < 4.78 is 11.7. The minimum Gasteiger partial charge on any atom is -0.491 e. The summed E-state index contributed by atoms with van der Waals surface area (Å²) in [5.74, 6) is 0.962. The maximum atomic E-state index is 12.5. The standard InChI is InChI=1S/C24H38N2O4/c1-5-6-7-8-9-10-11-12-16-29-20-14-13-18-19(27)15-17-30-22(18)21(20)25-23(28)26-24(2,3)4/h13-14H,5-12,15-17H2,1-4H3,(H2,25,26,28). The van der Waals surface area contributed by atoms with Gasteiger partial charge in [0.05, 0.1) is 18.8 Å². The molecule has 0 saturated heterocycles. The molecule has 1 aromatic carbocycles. The van der Waals surface area contributed by atoms with Gasteiger partial charge in [0, 0.05) is 12.0 Å². The van der Waals surface area contributed by atoms with Crippen molar-refractivity contribution in [2.45, 2.75) is 91.0 Å². The Balaban J connectivity index is 1.97. The van der Waals surface area contributed by atoms with E-state index in [2.05, 4.69) is 17.6 Å². The van der Waals surface area contributed by atoms with Crippen LogP contribution in [0.25, 0.3) is 0 Å². The smallest absolute Gasteiger partial charge is 0.319 e. The number of benzene rings is 1. The van der Waals surface area contributed by atoms with Gasteiger partial charge in [-0.15, -0.1) is 0 Å². The molecule has 6 nitrogen and oxygen atoms in total. The molecule has 0 radical (unpaired) electrons. The van der Waals surface area contributed by atoms with Crippen LogP contribution < -0.4 is 20.1 Å². The van der Waals surface area contributed by atoms with Crippen molar-refractivity contribution in [3.63, 3.8) is 0 Å². The Morgan fingerprint density at radius 2 is 1.73 bits per heavy atom. The van der Waals surface area contributed by atoms with Gasteiger partial charge in [-0.25, -0.2) is 4.79 Å². The molecule has 0 unspecified atom stereocenters. The lowest BCUT2D eigenvalue weighted by atomic mass is 10.0. The van der Waals surface area contributed by atoms with E-state index >= 15 is 0 Å². The molecular weight excluding hydrogens is 380 g/mol. The van der Waals surface area contributed by atoms with Crippen LogP contribution in [-0.2, 0) is 0 Å². The quantitative estimate of drug-likeness (QED) is 0.426. The second-order valence-corrected chi connectivity index (χ2v) is 8.99. The fourth-order valence-electron chi connectivity index (χ4n) is 3.46. The molecule has 0 aromatic heterocycles. The van der Waals surface area contributed by atoms with Gasteiger partial charge in [0.2, 0.25) is 0 Å². The van der Waals surface area contributed by atoms with Crippen molar-refractivity contribution in [1.29, 1.82) is 0 Å². The van der Waals surface area contributed by atoms with Gasteiger partial charge in [-0.05, 0) is 39.3 Å². The zero-order valence-corrected chi connectivity index (χ0v) is 19.1. The summed E-state index contributed by atoms with van der Waals surface area (Å²) in [6, 6.07) is 3.13. The number of ketones is 1. The number of fused-ring (bicyclic) bond motifs is 1. The minimum atomic E-state index is -0.381. The van der Waals surface area contributed by atoms with Crippen LogP contribution in [0.3, 0.4) is 0 Å². The van der Waals surface area contributed by atoms with E-state index in [1.54, 1.807) is 12.1 Å². The topological polar surface area (TPSA) is 76.7 Å². The molecule has 0 fully saturated rings. The summed E-state index contributed by atoms with van der Waals surface area (Å²) >= 11 is 0. The Bertz CT molecular complexity index is 710. The number of hydrogen-bond donors (Lipinski definition) is 2. The van der Waals surface area contributed by atoms with Crippen LogP contribution >= 0.6 is 0 Å². The molecule has 0 spiro atoms. The minimum absolute atomic E-state index is 0.0187. The first kappa shape index (κ1) is 24.0. The number of Topliss-reactive ketones (excluding diaryl/α,β-unsaturated/α-hetero) is 1. The van der Waals surface area contributed by atoms with E-state index < -0.39 is 0 Å². The number of nitrogens with one attached hydrogen (secondary N) is 2. The van der Waals surface area contributed by atoms with Gasteiger partial charge in [0.1, 0.15) is 11.4 Å². The van der Waals surface area contributed by atoms with Crippen LogP contribution in [0, 0.1) is 0 Å². The second-order valence-electron chi connectivity index (χ2n) is 8.99. The number of unbranched alkanes of at least 4 members (excludes halogenated alkanes) is 7. The van der Waals surface area contributed by atoms with Gasteiger partial charge in [0.15, 0.2) is 11.5 Å². The molecule has 0 atom stereocenters. The average molecular weight is 419 g/mol. The highest BCUT2D eigenvalue weighted by Crippen LogP contribution is 2.40. The Kier molecular flexibility index (Phi) is 9.47. The molecule has 30 heavy (non-hydrogen) atoms. The lowest BCUT2D eigenvalue weighted by Crippen LogP contribution is -2.43. The Morgan fingerprint density at radius 1 is 1.07 bits per heavy atom. The van der Waals surface area contributed by atoms with Crippen molar-refractivity contribution in [2.75, 3.05) is 18.5 Å². The van der Waals surface area contributed by atoms with Gasteiger partial charge >= 0.3 is 6.03 Å². The van der Waals surface area contributed by atoms with E-state index in [0.29, 0.717) is 42.4 Å². The van der Waals surface area contributed by atoms with E-state index in [0.717, 1.165) is 12.8 Å². The van der Waals surface area contributed by atoms with Crippen LogP contribution in [0.4, 0.5) is 10.5 Å². The molecule has 168 valence electrons. The van der Waals surface area contributed by atoms with Gasteiger partial charge in [-0.1, -0.05) is 51.9 Å². The normalized spacial score (nSPS) is 13.4. The van der Waals surface area contributed by atoms with Crippen molar-refractivity contribution >= 4 is 17.5 Å². The van der Waals surface area contributed by atoms with Crippen molar-refractivity contribution in [1.82, 2.24) is 5.32 Å². The number of amides is 2. The lowest BCUT2D eigenvalue weighted by Gasteiger charge is -2.25. The first-order valence-electron chi connectivity index (χ1n) is 11.4. The fourth-order valence-corrected chi connectivity index (χ4v) is 3.46. The lowest BCUT2D eigenvalue weighted by molar-refractivity contribution is 0.0933. The second kappa shape index (κ2) is 11.8. The number of hydrogen-bond acceptors (Lipinski definition) is 4. The summed E-state index contributed by atoms with van der Waals surface area (Å²) in [7, 11) is 0. The maximum absolute atomic E-state index is 12.5. The molecule has 2 rings (SSSR count). The molecule has 1 aromatic rings. The number of anilines is 1. The van der Waals surface area contributed by atoms with Crippen molar-refractivity contribution in [3.8, 4) is 11.5 Å². The van der Waals surface area contributed by atoms with Gasteiger partial charge in [0.25, 0.3) is 0 Å². The molecule has 1 aliphatic rings. The van der Waals surface area contributed by atoms with E-state index in [-0.39, 0.29) is 17.4 Å². The van der Waals surface area contributed by atoms with Crippen LogP contribution in [0.15, 0.2) is 12.1 Å². The summed E-state index contributed by atoms with van der Waals surface area (Å²) in [5.41, 5.74) is 0.543. The molecule has 2 amide bonds. The van der Waals surface area contributed by atoms with Gasteiger partial charge in [-0.2, -0.15) is 0 Å². The number of urea groups is 1. The summed E-state index contributed by atoms with van der Waals surface area (Å²) in [5, 5.41) is 5.72. The number of carbonyl (C=O) groups excluding carboxylic acids is 2. The number of carbonyl (C=O) groups is 2. The van der Waals surface area contributed by atoms with Crippen molar-refractivity contribution in [3.05, 3.63) is 17.7 Å². The van der Waals surface area contributed by atoms with E-state index in [1.807, 2.05) is 20.8 Å². The van der Waals surface area contributed by atoms with Crippen molar-refractivity contribution < 1.29 is 19.1 Å². The third-order valence-corrected chi connectivity index (χ3v) is 4.98. The molecular formula is C24H38N2O4. The largest absolute Gasteiger partial charge is 0.491 e. The Hall–Kier alpha value is -2.24. The molecule has 0 bridgehead atoms. The highest BCUT2D eigenvalue weighted by atomic mass is 16.5. The highest BCUT2D eigenvalue weighted by molar-refractivity contribution is 6.04. The number of rotatable bonds is 11. The monoisotopic (exact) mass is 418 g/mol. The highest BCUT2D eigenvalue weighted by Gasteiger charge is 2.26. The predicted molar refractivity (Wildman–Crippen MR) is 121 cm³/mol. The molecule has 1 heterocycles. The van der Waals surface area contributed by atoms with Crippen LogP contribution in [0.5, 0.6) is 11.5 Å². The van der Waals surface area contributed by atoms with Crippen LogP contribution in [0.2, 0.25) is 0 Å². The summed E-state index contributed by atoms with van der Waals surface area (Å²) in [6.45, 7) is 8.83. The maximum Gasteiger partial charge on any atom is 0.319 e. The Morgan fingerprint density at radius 3 is 2.40 bits per heavy atom. The first-order valence-corrected chi connectivity index (χ1v) is 11.4. The summed E-state index contributed by atoms with van der Waals surface area (Å²) in [6.07, 6.45) is 10.1. The zero-order chi connectivity index (χ0) is 22.0. The third-order valence-electron chi connectivity index (χ3n) is 4.98. The summed E-state index contributed by atoms with van der Waals surface area (Å²) in [4.78, 5) is 24.7. The number of ether oxygens (including phenoxy) is 2. The average Bonchev–Trinajstić information content (AvgIpc) is 2.67.